The predicted octanol–water partition coefficient (Wildman–Crippen LogP) is 1.62. The largest absolute Gasteiger partial charge is 0.497 e. The monoisotopic (exact) mass is 401 g/mol. The smallest absolute Gasteiger partial charge is 0.251 e. The van der Waals surface area contributed by atoms with E-state index in [1.54, 1.807) is 32.4 Å². The summed E-state index contributed by atoms with van der Waals surface area (Å²) in [5, 5.41) is 8.82. The van der Waals surface area contributed by atoms with Crippen LogP contribution in [0.25, 0.3) is 0 Å². The first kappa shape index (κ1) is 20.6. The van der Waals surface area contributed by atoms with Crippen molar-refractivity contribution in [2.75, 3.05) is 20.8 Å². The van der Waals surface area contributed by atoms with Crippen molar-refractivity contribution in [2.45, 2.75) is 25.0 Å². The average molecular weight is 401 g/mol. The number of hydrogen-bond acceptors (Lipinski definition) is 5. The minimum atomic E-state index is -0.465. The number of rotatable bonds is 7. The summed E-state index contributed by atoms with van der Waals surface area (Å²) in [6.45, 7) is 0.749. The van der Waals surface area contributed by atoms with Crippen molar-refractivity contribution in [1.82, 2.24) is 16.0 Å². The Labute approximate surface area is 168 Å². The molecule has 1 aliphatic heterocycles. The Kier molecular flexibility index (Phi) is 6.66. The second kappa shape index (κ2) is 9.38. The van der Waals surface area contributed by atoms with Gasteiger partial charge in [0.2, 0.25) is 5.91 Å². The SMILES string of the molecule is COc1ccc(OC)c(CNC(=O)[C@@H]2C[C@@H](NC(=O)c3cccc(F)c3)CN2)c1. The average Bonchev–Trinajstić information content (AvgIpc) is 3.20. The predicted molar refractivity (Wildman–Crippen MR) is 105 cm³/mol. The number of methoxy groups -OCH3 is 2. The molecule has 154 valence electrons. The molecule has 0 aliphatic carbocycles. The highest BCUT2D eigenvalue weighted by Crippen LogP contribution is 2.23. The Morgan fingerprint density at radius 3 is 2.72 bits per heavy atom. The molecule has 2 atom stereocenters. The van der Waals surface area contributed by atoms with E-state index >= 15 is 0 Å². The number of carbonyl (C=O) groups is 2. The van der Waals surface area contributed by atoms with E-state index in [0.29, 0.717) is 24.5 Å². The highest BCUT2D eigenvalue weighted by atomic mass is 19.1. The van der Waals surface area contributed by atoms with E-state index < -0.39 is 11.9 Å². The van der Waals surface area contributed by atoms with Crippen LogP contribution in [0, 0.1) is 5.82 Å². The van der Waals surface area contributed by atoms with Crippen molar-refractivity contribution in [2.24, 2.45) is 0 Å². The number of benzene rings is 2. The van der Waals surface area contributed by atoms with Gasteiger partial charge in [-0.05, 0) is 42.8 Å². The Morgan fingerprint density at radius 1 is 1.17 bits per heavy atom. The van der Waals surface area contributed by atoms with Gasteiger partial charge in [-0.1, -0.05) is 6.07 Å². The molecule has 0 bridgehead atoms. The number of hydrogen-bond donors (Lipinski definition) is 3. The molecule has 7 nitrogen and oxygen atoms in total. The van der Waals surface area contributed by atoms with Gasteiger partial charge in [-0.3, -0.25) is 9.59 Å². The summed E-state index contributed by atoms with van der Waals surface area (Å²) in [4.78, 5) is 24.7. The molecule has 3 N–H and O–H groups in total. The molecule has 8 heteroatoms. The van der Waals surface area contributed by atoms with Crippen LogP contribution in [-0.2, 0) is 11.3 Å². The van der Waals surface area contributed by atoms with Gasteiger partial charge in [0, 0.05) is 30.3 Å². The summed E-state index contributed by atoms with van der Waals surface area (Å²) in [5.74, 6) is 0.336. The maximum Gasteiger partial charge on any atom is 0.251 e. The molecule has 2 aromatic carbocycles. The maximum atomic E-state index is 13.3. The fourth-order valence-corrected chi connectivity index (χ4v) is 3.27. The molecule has 0 saturated carbocycles. The van der Waals surface area contributed by atoms with Gasteiger partial charge in [-0.15, -0.1) is 0 Å². The second-order valence-corrected chi connectivity index (χ2v) is 6.77. The molecule has 2 amide bonds. The van der Waals surface area contributed by atoms with E-state index in [-0.39, 0.29) is 30.0 Å². The lowest BCUT2D eigenvalue weighted by molar-refractivity contribution is -0.123. The van der Waals surface area contributed by atoms with Gasteiger partial charge < -0.3 is 25.4 Å². The van der Waals surface area contributed by atoms with Crippen molar-refractivity contribution in [1.29, 1.82) is 0 Å². The number of amides is 2. The molecule has 1 saturated heterocycles. The molecule has 0 radical (unpaired) electrons. The van der Waals surface area contributed by atoms with Gasteiger partial charge in [-0.2, -0.15) is 0 Å². The maximum absolute atomic E-state index is 13.3. The summed E-state index contributed by atoms with van der Waals surface area (Å²) in [6.07, 6.45) is 0.447. The van der Waals surface area contributed by atoms with E-state index in [1.165, 1.54) is 18.2 Å². The number of halogens is 1. The van der Waals surface area contributed by atoms with Gasteiger partial charge >= 0.3 is 0 Å². The molecule has 0 spiro atoms. The van der Waals surface area contributed by atoms with Crippen LogP contribution in [0.2, 0.25) is 0 Å². The first-order chi connectivity index (χ1) is 14.0. The fraction of sp³-hybridized carbons (Fsp3) is 0.333. The minimum Gasteiger partial charge on any atom is -0.497 e. The van der Waals surface area contributed by atoms with Crippen LogP contribution in [0.15, 0.2) is 42.5 Å². The Balaban J connectivity index is 1.52. The van der Waals surface area contributed by atoms with Crippen LogP contribution >= 0.6 is 0 Å². The van der Waals surface area contributed by atoms with Crippen LogP contribution in [-0.4, -0.2) is 44.7 Å². The molecule has 1 fully saturated rings. The summed E-state index contributed by atoms with van der Waals surface area (Å²) >= 11 is 0. The molecule has 29 heavy (non-hydrogen) atoms. The first-order valence-electron chi connectivity index (χ1n) is 9.28. The lowest BCUT2D eigenvalue weighted by Crippen LogP contribution is -2.40. The third-order valence-electron chi connectivity index (χ3n) is 4.81. The molecule has 2 aromatic rings. The Morgan fingerprint density at radius 2 is 2.00 bits per heavy atom. The fourth-order valence-electron chi connectivity index (χ4n) is 3.27. The highest BCUT2D eigenvalue weighted by molar-refractivity contribution is 5.94. The second-order valence-electron chi connectivity index (χ2n) is 6.77. The molecular weight excluding hydrogens is 377 g/mol. The number of ether oxygens (including phenoxy) is 2. The zero-order chi connectivity index (χ0) is 20.8. The quantitative estimate of drug-likeness (QED) is 0.656. The zero-order valence-corrected chi connectivity index (χ0v) is 16.3. The van der Waals surface area contributed by atoms with Crippen LogP contribution in [0.5, 0.6) is 11.5 Å². The van der Waals surface area contributed by atoms with Crippen LogP contribution in [0.1, 0.15) is 22.3 Å². The van der Waals surface area contributed by atoms with Gasteiger partial charge in [0.25, 0.3) is 5.91 Å². The van der Waals surface area contributed by atoms with Crippen molar-refractivity contribution < 1.29 is 23.5 Å². The minimum absolute atomic E-state index is 0.169. The molecular formula is C21H24FN3O4. The topological polar surface area (TPSA) is 88.7 Å². The van der Waals surface area contributed by atoms with Crippen LogP contribution in [0.3, 0.4) is 0 Å². The molecule has 1 aliphatic rings. The van der Waals surface area contributed by atoms with Gasteiger partial charge in [0.15, 0.2) is 0 Å². The van der Waals surface area contributed by atoms with Crippen molar-refractivity contribution in [3.05, 3.63) is 59.4 Å². The molecule has 1 heterocycles. The van der Waals surface area contributed by atoms with Crippen LogP contribution < -0.4 is 25.4 Å². The lowest BCUT2D eigenvalue weighted by Gasteiger charge is -2.14. The summed E-state index contributed by atoms with van der Waals surface area (Å²) in [6, 6.07) is 10.2. The van der Waals surface area contributed by atoms with E-state index in [1.807, 2.05) is 6.07 Å². The summed E-state index contributed by atoms with van der Waals surface area (Å²) in [7, 11) is 3.14. The Hall–Kier alpha value is -3.13. The van der Waals surface area contributed by atoms with Crippen LogP contribution in [0.4, 0.5) is 4.39 Å². The number of carbonyl (C=O) groups excluding carboxylic acids is 2. The van der Waals surface area contributed by atoms with E-state index in [0.717, 1.165) is 5.56 Å². The number of nitrogens with one attached hydrogen (secondary N) is 3. The van der Waals surface area contributed by atoms with E-state index in [9.17, 15) is 14.0 Å². The van der Waals surface area contributed by atoms with Crippen molar-refractivity contribution in [3.63, 3.8) is 0 Å². The van der Waals surface area contributed by atoms with Crippen molar-refractivity contribution >= 4 is 11.8 Å². The van der Waals surface area contributed by atoms with Gasteiger partial charge in [-0.25, -0.2) is 4.39 Å². The summed E-state index contributed by atoms with van der Waals surface area (Å²) in [5.41, 5.74) is 1.05. The van der Waals surface area contributed by atoms with E-state index in [4.69, 9.17) is 9.47 Å². The van der Waals surface area contributed by atoms with Gasteiger partial charge in [0.05, 0.1) is 20.3 Å². The first-order valence-corrected chi connectivity index (χ1v) is 9.28. The van der Waals surface area contributed by atoms with E-state index in [2.05, 4.69) is 16.0 Å². The Bertz CT molecular complexity index is 890. The zero-order valence-electron chi connectivity index (χ0n) is 16.3. The molecule has 0 unspecified atom stereocenters. The normalized spacial score (nSPS) is 18.2. The molecule has 0 aromatic heterocycles. The van der Waals surface area contributed by atoms with Crippen molar-refractivity contribution in [3.8, 4) is 11.5 Å². The third-order valence-corrected chi connectivity index (χ3v) is 4.81. The summed E-state index contributed by atoms with van der Waals surface area (Å²) < 4.78 is 23.8. The highest BCUT2D eigenvalue weighted by Gasteiger charge is 2.30. The third kappa shape index (κ3) is 5.23. The lowest BCUT2D eigenvalue weighted by atomic mass is 10.1. The van der Waals surface area contributed by atoms with Gasteiger partial charge in [0.1, 0.15) is 17.3 Å². The standard InChI is InChI=1S/C21H24FN3O4/c1-28-17-6-7-19(29-2)14(9-17)11-24-21(27)18-10-16(12-23-18)25-20(26)13-4-3-5-15(22)8-13/h3-9,16,18,23H,10-12H2,1-2H3,(H,24,27)(H,25,26)/t16-,18+/m1/s1. The molecule has 3 rings (SSSR count).